The number of rotatable bonds is 5. The second-order valence-corrected chi connectivity index (χ2v) is 6.89. The largest absolute Gasteiger partial charge is 0.495 e. The highest BCUT2D eigenvalue weighted by Crippen LogP contribution is 2.28. The molecule has 0 bridgehead atoms. The summed E-state index contributed by atoms with van der Waals surface area (Å²) in [6.07, 6.45) is 0. The van der Waals surface area contributed by atoms with E-state index in [1.807, 2.05) is 77.7 Å². The number of methoxy groups -OCH3 is 1. The van der Waals surface area contributed by atoms with Crippen molar-refractivity contribution in [2.75, 3.05) is 38.2 Å². The Bertz CT molecular complexity index is 949. The van der Waals surface area contributed by atoms with E-state index in [9.17, 15) is 4.79 Å². The maximum absolute atomic E-state index is 12.9. The van der Waals surface area contributed by atoms with Gasteiger partial charge in [0.15, 0.2) is 0 Å². The average molecular weight is 388 g/mol. The molecule has 1 heterocycles. The maximum Gasteiger partial charge on any atom is 0.253 e. The molecule has 0 saturated carbocycles. The first kappa shape index (κ1) is 18.9. The summed E-state index contributed by atoms with van der Waals surface area (Å²) < 4.78 is 11.3. The molecule has 3 aromatic rings. The van der Waals surface area contributed by atoms with Crippen LogP contribution in [0.2, 0.25) is 0 Å². The van der Waals surface area contributed by atoms with Crippen molar-refractivity contribution >= 4 is 11.6 Å². The summed E-state index contributed by atoms with van der Waals surface area (Å²) in [6, 6.07) is 24.9. The Labute approximate surface area is 171 Å². The zero-order valence-corrected chi connectivity index (χ0v) is 16.5. The van der Waals surface area contributed by atoms with E-state index >= 15 is 0 Å². The van der Waals surface area contributed by atoms with Crippen LogP contribution in [0.15, 0.2) is 78.9 Å². The van der Waals surface area contributed by atoms with Gasteiger partial charge in [-0.15, -0.1) is 0 Å². The predicted molar refractivity (Wildman–Crippen MR) is 114 cm³/mol. The normalized spacial score (nSPS) is 13.8. The minimum Gasteiger partial charge on any atom is -0.495 e. The van der Waals surface area contributed by atoms with Crippen LogP contribution in [0, 0.1) is 0 Å². The van der Waals surface area contributed by atoms with Gasteiger partial charge in [0.05, 0.1) is 12.8 Å². The van der Waals surface area contributed by atoms with Gasteiger partial charge in [-0.25, -0.2) is 0 Å². The molecule has 0 aliphatic carbocycles. The second kappa shape index (κ2) is 8.69. The lowest BCUT2D eigenvalue weighted by Crippen LogP contribution is -2.48. The monoisotopic (exact) mass is 388 g/mol. The molecule has 0 unspecified atom stereocenters. The Morgan fingerprint density at radius 2 is 1.38 bits per heavy atom. The fourth-order valence-corrected chi connectivity index (χ4v) is 3.51. The fourth-order valence-electron chi connectivity index (χ4n) is 3.51. The lowest BCUT2D eigenvalue weighted by molar-refractivity contribution is 0.0746. The number of hydrogen-bond acceptors (Lipinski definition) is 4. The number of carbonyl (C=O) groups is 1. The van der Waals surface area contributed by atoms with Crippen molar-refractivity contribution in [1.82, 2.24) is 4.90 Å². The Kier molecular flexibility index (Phi) is 5.66. The molecule has 1 aliphatic heterocycles. The van der Waals surface area contributed by atoms with Gasteiger partial charge in [-0.3, -0.25) is 4.79 Å². The van der Waals surface area contributed by atoms with Crippen molar-refractivity contribution in [3.05, 3.63) is 84.4 Å². The third-order valence-corrected chi connectivity index (χ3v) is 5.07. The summed E-state index contributed by atoms with van der Waals surface area (Å²) >= 11 is 0. The number of carbonyl (C=O) groups excluding carboxylic acids is 1. The molecule has 148 valence electrons. The highest BCUT2D eigenvalue weighted by Gasteiger charge is 2.23. The molecule has 0 aromatic heterocycles. The highest BCUT2D eigenvalue weighted by molar-refractivity contribution is 5.94. The topological polar surface area (TPSA) is 42.0 Å². The van der Waals surface area contributed by atoms with Gasteiger partial charge in [-0.05, 0) is 48.5 Å². The molecule has 1 fully saturated rings. The number of anilines is 1. The number of nitrogens with zero attached hydrogens (tertiary/aromatic N) is 2. The van der Waals surface area contributed by atoms with Crippen LogP contribution in [-0.2, 0) is 0 Å². The molecule has 5 nitrogen and oxygen atoms in total. The molecule has 5 heteroatoms. The molecule has 1 saturated heterocycles. The van der Waals surface area contributed by atoms with E-state index in [2.05, 4.69) is 11.0 Å². The highest BCUT2D eigenvalue weighted by atomic mass is 16.5. The van der Waals surface area contributed by atoms with Gasteiger partial charge in [0.25, 0.3) is 5.91 Å². The van der Waals surface area contributed by atoms with Crippen LogP contribution in [0.25, 0.3) is 0 Å². The van der Waals surface area contributed by atoms with Crippen molar-refractivity contribution < 1.29 is 14.3 Å². The quantitative estimate of drug-likeness (QED) is 0.648. The summed E-state index contributed by atoms with van der Waals surface area (Å²) in [5, 5.41) is 0. The first-order valence-corrected chi connectivity index (χ1v) is 9.75. The minimum atomic E-state index is 0.0518. The van der Waals surface area contributed by atoms with Gasteiger partial charge < -0.3 is 19.3 Å². The van der Waals surface area contributed by atoms with Gasteiger partial charge in [-0.1, -0.05) is 30.3 Å². The number of para-hydroxylation sites is 3. The van der Waals surface area contributed by atoms with Crippen molar-refractivity contribution in [2.45, 2.75) is 0 Å². The Balaban J connectivity index is 1.37. The number of amides is 1. The Morgan fingerprint density at radius 1 is 0.759 bits per heavy atom. The lowest BCUT2D eigenvalue weighted by Gasteiger charge is -2.36. The average Bonchev–Trinajstić information content (AvgIpc) is 2.80. The third kappa shape index (κ3) is 4.35. The molecule has 1 aliphatic rings. The van der Waals surface area contributed by atoms with Crippen LogP contribution in [-0.4, -0.2) is 44.1 Å². The van der Waals surface area contributed by atoms with Crippen LogP contribution >= 0.6 is 0 Å². The van der Waals surface area contributed by atoms with Gasteiger partial charge >= 0.3 is 0 Å². The van der Waals surface area contributed by atoms with Crippen LogP contribution in [0.5, 0.6) is 17.2 Å². The van der Waals surface area contributed by atoms with Crippen LogP contribution < -0.4 is 14.4 Å². The van der Waals surface area contributed by atoms with E-state index in [4.69, 9.17) is 9.47 Å². The SMILES string of the molecule is COc1ccccc1N1CCN(C(=O)c2ccc(Oc3ccccc3)cc2)CC1. The van der Waals surface area contributed by atoms with E-state index in [-0.39, 0.29) is 5.91 Å². The number of benzene rings is 3. The van der Waals surface area contributed by atoms with Crippen molar-refractivity contribution in [3.63, 3.8) is 0 Å². The van der Waals surface area contributed by atoms with E-state index in [0.29, 0.717) is 24.4 Å². The van der Waals surface area contributed by atoms with Gasteiger partial charge in [0.2, 0.25) is 0 Å². The number of ether oxygens (including phenoxy) is 2. The van der Waals surface area contributed by atoms with E-state index in [1.165, 1.54) is 0 Å². The summed E-state index contributed by atoms with van der Waals surface area (Å²) in [4.78, 5) is 17.0. The zero-order valence-electron chi connectivity index (χ0n) is 16.5. The van der Waals surface area contributed by atoms with Crippen molar-refractivity contribution in [3.8, 4) is 17.2 Å². The van der Waals surface area contributed by atoms with Crippen LogP contribution in [0.4, 0.5) is 5.69 Å². The molecule has 1 amide bonds. The standard InChI is InChI=1S/C24H24N2O3/c1-28-23-10-6-5-9-22(23)25-15-17-26(18-16-25)24(27)19-11-13-21(14-12-19)29-20-7-3-2-4-8-20/h2-14H,15-18H2,1H3. The van der Waals surface area contributed by atoms with E-state index in [1.54, 1.807) is 7.11 Å². The number of hydrogen-bond donors (Lipinski definition) is 0. The summed E-state index contributed by atoms with van der Waals surface area (Å²) in [5.41, 5.74) is 1.75. The molecule has 0 spiro atoms. The smallest absolute Gasteiger partial charge is 0.253 e. The first-order chi connectivity index (χ1) is 14.2. The molecule has 0 radical (unpaired) electrons. The third-order valence-electron chi connectivity index (χ3n) is 5.07. The second-order valence-electron chi connectivity index (χ2n) is 6.89. The fraction of sp³-hybridized carbons (Fsp3) is 0.208. The summed E-state index contributed by atoms with van der Waals surface area (Å²) in [6.45, 7) is 2.92. The Morgan fingerprint density at radius 3 is 2.07 bits per heavy atom. The zero-order chi connectivity index (χ0) is 20.1. The van der Waals surface area contributed by atoms with Crippen LogP contribution in [0.1, 0.15) is 10.4 Å². The molecule has 29 heavy (non-hydrogen) atoms. The summed E-state index contributed by atoms with van der Waals surface area (Å²) in [5.74, 6) is 2.41. The van der Waals surface area contributed by atoms with Crippen molar-refractivity contribution in [2.24, 2.45) is 0 Å². The van der Waals surface area contributed by atoms with Crippen LogP contribution in [0.3, 0.4) is 0 Å². The van der Waals surface area contributed by atoms with Crippen molar-refractivity contribution in [1.29, 1.82) is 0 Å². The molecular weight excluding hydrogens is 364 g/mol. The minimum absolute atomic E-state index is 0.0518. The van der Waals surface area contributed by atoms with Gasteiger partial charge in [0.1, 0.15) is 17.2 Å². The molecule has 3 aromatic carbocycles. The molecular formula is C24H24N2O3. The van der Waals surface area contributed by atoms with E-state index in [0.717, 1.165) is 30.3 Å². The summed E-state index contributed by atoms with van der Waals surface area (Å²) in [7, 11) is 1.68. The molecule has 0 N–H and O–H groups in total. The maximum atomic E-state index is 12.9. The molecule has 0 atom stereocenters. The number of piperazine rings is 1. The van der Waals surface area contributed by atoms with Gasteiger partial charge in [0, 0.05) is 31.7 Å². The predicted octanol–water partition coefficient (Wildman–Crippen LogP) is 4.45. The molecule has 4 rings (SSSR count). The first-order valence-electron chi connectivity index (χ1n) is 9.75. The Hall–Kier alpha value is -3.47. The van der Waals surface area contributed by atoms with E-state index < -0.39 is 0 Å². The lowest BCUT2D eigenvalue weighted by atomic mass is 10.1. The van der Waals surface area contributed by atoms with Gasteiger partial charge in [-0.2, -0.15) is 0 Å².